The Bertz CT molecular complexity index is 468. The van der Waals surface area contributed by atoms with Crippen molar-refractivity contribution in [3.63, 3.8) is 0 Å². The minimum absolute atomic E-state index is 0.120. The number of amides is 2. The van der Waals surface area contributed by atoms with Gasteiger partial charge < -0.3 is 15.3 Å². The van der Waals surface area contributed by atoms with Crippen LogP contribution in [0.3, 0.4) is 0 Å². The zero-order chi connectivity index (χ0) is 15.1. The zero-order valence-corrected chi connectivity index (χ0v) is 12.1. The molecule has 0 aromatic heterocycles. The summed E-state index contributed by atoms with van der Waals surface area (Å²) in [4.78, 5) is 25.3. The molecule has 1 saturated heterocycles. The van der Waals surface area contributed by atoms with E-state index in [1.165, 1.54) is 0 Å². The molecule has 1 aromatic rings. The predicted molar refractivity (Wildman–Crippen MR) is 80.3 cm³/mol. The third kappa shape index (κ3) is 4.48. The number of hydrogen-bond acceptors (Lipinski definition) is 2. The number of likely N-dealkylation sites (tertiary alicyclic amines) is 1. The highest BCUT2D eigenvalue weighted by Gasteiger charge is 2.22. The molecule has 5 nitrogen and oxygen atoms in total. The van der Waals surface area contributed by atoms with E-state index in [4.69, 9.17) is 0 Å². The number of carbonyl (C=O) groups excluding carboxylic acids is 1. The fourth-order valence-electron chi connectivity index (χ4n) is 2.61. The Hall–Kier alpha value is -2.04. The van der Waals surface area contributed by atoms with E-state index in [9.17, 15) is 14.7 Å². The first-order valence-corrected chi connectivity index (χ1v) is 7.49. The van der Waals surface area contributed by atoms with E-state index in [1.807, 2.05) is 18.2 Å². The summed E-state index contributed by atoms with van der Waals surface area (Å²) in [6.45, 7) is 1.64. The number of rotatable bonds is 4. The summed E-state index contributed by atoms with van der Waals surface area (Å²) in [7, 11) is 0. The summed E-state index contributed by atoms with van der Waals surface area (Å²) in [5.41, 5.74) is 0.709. The molecule has 1 aliphatic heterocycles. The van der Waals surface area contributed by atoms with Crippen LogP contribution in [0.15, 0.2) is 30.3 Å². The maximum absolute atomic E-state index is 12.1. The van der Waals surface area contributed by atoms with Crippen molar-refractivity contribution >= 4 is 12.0 Å². The molecular weight excluding hydrogens is 268 g/mol. The monoisotopic (exact) mass is 290 g/mol. The van der Waals surface area contributed by atoms with Gasteiger partial charge in [0.05, 0.1) is 5.92 Å². The van der Waals surface area contributed by atoms with Crippen molar-refractivity contribution in [2.24, 2.45) is 0 Å². The van der Waals surface area contributed by atoms with E-state index in [2.05, 4.69) is 5.32 Å². The van der Waals surface area contributed by atoms with Gasteiger partial charge in [0.2, 0.25) is 0 Å². The van der Waals surface area contributed by atoms with E-state index in [-0.39, 0.29) is 12.6 Å². The van der Waals surface area contributed by atoms with Gasteiger partial charge in [-0.3, -0.25) is 4.79 Å². The van der Waals surface area contributed by atoms with Crippen molar-refractivity contribution in [2.75, 3.05) is 19.6 Å². The van der Waals surface area contributed by atoms with Gasteiger partial charge in [-0.2, -0.15) is 0 Å². The summed E-state index contributed by atoms with van der Waals surface area (Å²) in [5.74, 6) is -1.63. The molecule has 1 atom stereocenters. The molecule has 21 heavy (non-hydrogen) atoms. The number of urea groups is 1. The van der Waals surface area contributed by atoms with E-state index in [1.54, 1.807) is 17.0 Å². The van der Waals surface area contributed by atoms with Crippen molar-refractivity contribution in [3.05, 3.63) is 35.9 Å². The Morgan fingerprint density at radius 1 is 1.10 bits per heavy atom. The van der Waals surface area contributed by atoms with Gasteiger partial charge in [-0.05, 0) is 18.4 Å². The number of carboxylic acids is 1. The molecule has 1 aliphatic rings. The molecular formula is C16H22N2O3. The first-order valence-electron chi connectivity index (χ1n) is 7.49. The van der Waals surface area contributed by atoms with E-state index < -0.39 is 11.9 Å². The molecule has 0 aliphatic carbocycles. The quantitative estimate of drug-likeness (QED) is 0.895. The molecule has 2 rings (SSSR count). The van der Waals surface area contributed by atoms with Crippen LogP contribution in [0.5, 0.6) is 0 Å². The van der Waals surface area contributed by atoms with Crippen LogP contribution >= 0.6 is 0 Å². The highest BCUT2D eigenvalue weighted by Crippen LogP contribution is 2.15. The fourth-order valence-corrected chi connectivity index (χ4v) is 2.61. The van der Waals surface area contributed by atoms with Gasteiger partial charge in [-0.1, -0.05) is 43.2 Å². The molecule has 1 aromatic carbocycles. The Balaban J connectivity index is 1.92. The molecule has 2 N–H and O–H groups in total. The lowest BCUT2D eigenvalue weighted by atomic mass is 9.99. The number of nitrogens with zero attached hydrogens (tertiary/aromatic N) is 1. The third-order valence-corrected chi connectivity index (χ3v) is 3.85. The molecule has 2 amide bonds. The Kier molecular flexibility index (Phi) is 5.60. The highest BCUT2D eigenvalue weighted by molar-refractivity contribution is 5.79. The van der Waals surface area contributed by atoms with Gasteiger partial charge >= 0.3 is 12.0 Å². The molecule has 1 unspecified atom stereocenters. The SMILES string of the molecule is O=C(O)C(CNC(=O)N1CCCCCC1)c1ccccc1. The van der Waals surface area contributed by atoms with Crippen LogP contribution in [0.4, 0.5) is 4.79 Å². The first kappa shape index (κ1) is 15.4. The number of aliphatic carboxylic acids is 1. The minimum Gasteiger partial charge on any atom is -0.481 e. The van der Waals surface area contributed by atoms with Gasteiger partial charge in [0.25, 0.3) is 0 Å². The van der Waals surface area contributed by atoms with E-state index >= 15 is 0 Å². The van der Waals surface area contributed by atoms with Gasteiger partial charge in [0.1, 0.15) is 0 Å². The standard InChI is InChI=1S/C16H22N2O3/c19-15(20)14(13-8-4-3-5-9-13)12-17-16(21)18-10-6-1-2-7-11-18/h3-5,8-9,14H,1-2,6-7,10-12H2,(H,17,21)(H,19,20). The average Bonchev–Trinajstić information content (AvgIpc) is 2.77. The predicted octanol–water partition coefficient (Wildman–Crippen LogP) is 2.44. The molecule has 5 heteroatoms. The Labute approximate surface area is 125 Å². The van der Waals surface area contributed by atoms with Gasteiger partial charge in [0, 0.05) is 19.6 Å². The molecule has 1 heterocycles. The third-order valence-electron chi connectivity index (χ3n) is 3.85. The number of hydrogen-bond donors (Lipinski definition) is 2. The maximum atomic E-state index is 12.1. The topological polar surface area (TPSA) is 69.6 Å². The fraction of sp³-hybridized carbons (Fsp3) is 0.500. The van der Waals surface area contributed by atoms with Crippen molar-refractivity contribution in [2.45, 2.75) is 31.6 Å². The smallest absolute Gasteiger partial charge is 0.317 e. The van der Waals surface area contributed by atoms with Crippen molar-refractivity contribution in [1.82, 2.24) is 10.2 Å². The lowest BCUT2D eigenvalue weighted by molar-refractivity contribution is -0.138. The lowest BCUT2D eigenvalue weighted by Crippen LogP contribution is -2.42. The first-order chi connectivity index (χ1) is 10.2. The highest BCUT2D eigenvalue weighted by atomic mass is 16.4. The number of benzene rings is 1. The van der Waals surface area contributed by atoms with Crippen LogP contribution in [0.2, 0.25) is 0 Å². The number of carbonyl (C=O) groups is 2. The molecule has 0 saturated carbocycles. The zero-order valence-electron chi connectivity index (χ0n) is 12.1. The molecule has 0 bridgehead atoms. The summed E-state index contributed by atoms with van der Waals surface area (Å²) in [6.07, 6.45) is 4.36. The second-order valence-corrected chi connectivity index (χ2v) is 5.39. The van der Waals surface area contributed by atoms with Crippen molar-refractivity contribution in [3.8, 4) is 0 Å². The van der Waals surface area contributed by atoms with Crippen LogP contribution in [-0.4, -0.2) is 41.6 Å². The summed E-state index contributed by atoms with van der Waals surface area (Å²) >= 11 is 0. The average molecular weight is 290 g/mol. The lowest BCUT2D eigenvalue weighted by Gasteiger charge is -2.22. The van der Waals surface area contributed by atoms with Gasteiger partial charge in [-0.25, -0.2) is 4.79 Å². The number of nitrogens with one attached hydrogen (secondary N) is 1. The van der Waals surface area contributed by atoms with Crippen LogP contribution in [0, 0.1) is 0 Å². The molecule has 1 fully saturated rings. The Morgan fingerprint density at radius 3 is 2.29 bits per heavy atom. The Morgan fingerprint density at radius 2 is 1.71 bits per heavy atom. The van der Waals surface area contributed by atoms with Gasteiger partial charge in [-0.15, -0.1) is 0 Å². The van der Waals surface area contributed by atoms with Gasteiger partial charge in [0.15, 0.2) is 0 Å². The molecule has 0 radical (unpaired) electrons. The van der Waals surface area contributed by atoms with Crippen LogP contribution in [0.1, 0.15) is 37.2 Å². The normalized spacial score (nSPS) is 16.9. The largest absolute Gasteiger partial charge is 0.481 e. The second kappa shape index (κ2) is 7.67. The van der Waals surface area contributed by atoms with Crippen LogP contribution < -0.4 is 5.32 Å². The van der Waals surface area contributed by atoms with Crippen LogP contribution in [-0.2, 0) is 4.79 Å². The molecule has 0 spiro atoms. The number of carboxylic acid groups (broad SMARTS) is 1. The van der Waals surface area contributed by atoms with Crippen molar-refractivity contribution in [1.29, 1.82) is 0 Å². The summed E-state index contributed by atoms with van der Waals surface area (Å²) < 4.78 is 0. The van der Waals surface area contributed by atoms with E-state index in [0.29, 0.717) is 5.56 Å². The maximum Gasteiger partial charge on any atom is 0.317 e. The second-order valence-electron chi connectivity index (χ2n) is 5.39. The van der Waals surface area contributed by atoms with E-state index in [0.717, 1.165) is 38.8 Å². The summed E-state index contributed by atoms with van der Waals surface area (Å²) in [6, 6.07) is 8.86. The van der Waals surface area contributed by atoms with Crippen molar-refractivity contribution < 1.29 is 14.7 Å². The summed E-state index contributed by atoms with van der Waals surface area (Å²) in [5, 5.41) is 12.1. The minimum atomic E-state index is -0.919. The van der Waals surface area contributed by atoms with Crippen LogP contribution in [0.25, 0.3) is 0 Å². The molecule has 114 valence electrons.